The first-order valence-electron chi connectivity index (χ1n) is 4.73. The zero-order chi connectivity index (χ0) is 11.8. The van der Waals surface area contributed by atoms with Gasteiger partial charge in [0.05, 0.1) is 0 Å². The third-order valence-electron chi connectivity index (χ3n) is 1.88. The lowest BCUT2D eigenvalue weighted by molar-refractivity contribution is 1.62. The third kappa shape index (κ3) is 6.22. The van der Waals surface area contributed by atoms with Crippen LogP contribution in [0.2, 0.25) is 0 Å². The molecule has 0 bridgehead atoms. The molecular formula is C12H10AlBr3. The molecule has 2 rings (SSSR count). The Morgan fingerprint density at radius 3 is 1.06 bits per heavy atom. The van der Waals surface area contributed by atoms with E-state index in [9.17, 15) is 0 Å². The van der Waals surface area contributed by atoms with Gasteiger partial charge in [-0.1, -0.05) is 60.7 Å². The highest BCUT2D eigenvalue weighted by Gasteiger charge is 1.95. The van der Waals surface area contributed by atoms with E-state index in [2.05, 4.69) is 90.7 Å². The van der Waals surface area contributed by atoms with Crippen LogP contribution in [0.1, 0.15) is 0 Å². The van der Waals surface area contributed by atoms with Crippen LogP contribution < -0.4 is 0 Å². The molecule has 2 aromatic carbocycles. The van der Waals surface area contributed by atoms with Crippen LogP contribution in [0.25, 0.3) is 11.1 Å². The van der Waals surface area contributed by atoms with Crippen LogP contribution in [0.3, 0.4) is 0 Å². The molecule has 0 aliphatic rings. The monoisotopic (exact) mass is 418 g/mol. The average molecular weight is 421 g/mol. The minimum absolute atomic E-state index is 0.701. The van der Waals surface area contributed by atoms with Crippen LogP contribution in [0, 0.1) is 0 Å². The Bertz CT molecular complexity index is 349. The third-order valence-corrected chi connectivity index (χ3v) is 1.88. The molecule has 0 aromatic heterocycles. The molecule has 0 N–H and O–H groups in total. The molecule has 2 aromatic rings. The van der Waals surface area contributed by atoms with E-state index in [-0.39, 0.29) is 0 Å². The fraction of sp³-hybridized carbons (Fsp3) is 0. The summed E-state index contributed by atoms with van der Waals surface area (Å²) in [4.78, 5) is 0. The van der Waals surface area contributed by atoms with Crippen molar-refractivity contribution < 1.29 is 0 Å². The maximum absolute atomic E-state index is 3.24. The molecule has 0 aliphatic carbocycles. The fourth-order valence-corrected chi connectivity index (χ4v) is 1.26. The molecule has 0 heterocycles. The van der Waals surface area contributed by atoms with E-state index in [1.807, 2.05) is 12.1 Å². The summed E-state index contributed by atoms with van der Waals surface area (Å²) >= 11 is 9.73. The van der Waals surface area contributed by atoms with Gasteiger partial charge in [-0.15, -0.1) is 0 Å². The lowest BCUT2D eigenvalue weighted by Crippen LogP contribution is -1.73. The normalized spacial score (nSPS) is 8.94. The van der Waals surface area contributed by atoms with Crippen LogP contribution in [-0.4, -0.2) is 8.67 Å². The second-order valence-electron chi connectivity index (χ2n) is 2.98. The topological polar surface area (TPSA) is 0 Å². The Labute approximate surface area is 121 Å². The van der Waals surface area contributed by atoms with Crippen molar-refractivity contribution in [2.75, 3.05) is 0 Å². The molecule has 16 heavy (non-hydrogen) atoms. The number of hydrogen-bond donors (Lipinski definition) is 0. The summed E-state index contributed by atoms with van der Waals surface area (Å²) in [5, 5.41) is 0. The van der Waals surface area contributed by atoms with E-state index in [0.717, 1.165) is 0 Å². The highest BCUT2D eigenvalue weighted by Crippen LogP contribution is 2.17. The minimum Gasteiger partial charge on any atom is -0.181 e. The first-order valence-corrected chi connectivity index (χ1v) is 14.3. The van der Waals surface area contributed by atoms with Gasteiger partial charge in [0.1, 0.15) is 0 Å². The van der Waals surface area contributed by atoms with Gasteiger partial charge in [-0.05, 0) is 11.1 Å². The molecule has 0 aliphatic heterocycles. The van der Waals surface area contributed by atoms with Gasteiger partial charge in [0, 0.05) is 0 Å². The zero-order valence-electron chi connectivity index (χ0n) is 8.48. The van der Waals surface area contributed by atoms with E-state index in [4.69, 9.17) is 0 Å². The molecule has 0 amide bonds. The van der Waals surface area contributed by atoms with E-state index in [1.165, 1.54) is 11.1 Å². The molecule has 0 fully saturated rings. The number of halogens is 3. The average Bonchev–Trinajstić information content (AvgIpc) is 2.31. The van der Waals surface area contributed by atoms with Crippen molar-refractivity contribution in [3.8, 4) is 11.1 Å². The lowest BCUT2D eigenvalue weighted by atomic mass is 10.1. The minimum atomic E-state index is -0.701. The Hall–Kier alpha value is 0.412. The Morgan fingerprint density at radius 2 is 0.812 bits per heavy atom. The second kappa shape index (κ2) is 8.50. The van der Waals surface area contributed by atoms with Crippen LogP contribution in [-0.2, 0) is 0 Å². The van der Waals surface area contributed by atoms with Gasteiger partial charge in [0.25, 0.3) is 0 Å². The maximum Gasteiger partial charge on any atom is 0.542 e. The number of rotatable bonds is 1. The molecule has 0 saturated carbocycles. The van der Waals surface area contributed by atoms with Crippen LogP contribution in [0.4, 0.5) is 0 Å². The lowest BCUT2D eigenvalue weighted by Gasteiger charge is -1.98. The molecule has 0 radical (unpaired) electrons. The van der Waals surface area contributed by atoms with E-state index in [0.29, 0.717) is 0 Å². The summed E-state index contributed by atoms with van der Waals surface area (Å²) in [5.41, 5.74) is 2.55. The SMILES string of the molecule is [Br][Al]([Br])[Br].c1ccc(-c2ccccc2)cc1. The molecule has 0 atom stereocenters. The van der Waals surface area contributed by atoms with Crippen LogP contribution in [0.5, 0.6) is 0 Å². The standard InChI is InChI=1S/C12H10.Al.3BrH/c1-3-7-11(8-4-1)12-9-5-2-6-10-12;;;;/h1-10H;;3*1H/q;+3;;;/p-3. The van der Waals surface area contributed by atoms with Crippen molar-refractivity contribution in [3.63, 3.8) is 0 Å². The Balaban J connectivity index is 0.000000280. The Morgan fingerprint density at radius 1 is 0.562 bits per heavy atom. The summed E-state index contributed by atoms with van der Waals surface area (Å²) in [5.74, 6) is 0. The summed E-state index contributed by atoms with van der Waals surface area (Å²) in [7, 11) is -0.701. The van der Waals surface area contributed by atoms with Gasteiger partial charge in [0.2, 0.25) is 0 Å². The highest BCUT2D eigenvalue weighted by atomic mass is 80.0. The van der Waals surface area contributed by atoms with Crippen molar-refractivity contribution in [1.29, 1.82) is 0 Å². The summed E-state index contributed by atoms with van der Waals surface area (Å²) in [6.07, 6.45) is 0. The van der Waals surface area contributed by atoms with Crippen molar-refractivity contribution >= 4 is 50.8 Å². The number of benzene rings is 2. The first-order chi connectivity index (χ1) is 7.70. The van der Waals surface area contributed by atoms with Crippen molar-refractivity contribution in [3.05, 3.63) is 60.7 Å². The van der Waals surface area contributed by atoms with Crippen molar-refractivity contribution in [1.82, 2.24) is 0 Å². The van der Waals surface area contributed by atoms with Gasteiger partial charge in [-0.25, -0.2) is 0 Å². The molecule has 4 heteroatoms. The molecule has 0 saturated heterocycles. The zero-order valence-corrected chi connectivity index (χ0v) is 14.4. The van der Waals surface area contributed by atoms with Crippen molar-refractivity contribution in [2.45, 2.75) is 0 Å². The van der Waals surface area contributed by atoms with Gasteiger partial charge in [-0.3, -0.25) is 0 Å². The smallest absolute Gasteiger partial charge is 0.181 e. The van der Waals surface area contributed by atoms with Crippen molar-refractivity contribution in [2.24, 2.45) is 0 Å². The van der Waals surface area contributed by atoms with Crippen LogP contribution >= 0.6 is 42.2 Å². The van der Waals surface area contributed by atoms with E-state index in [1.54, 1.807) is 0 Å². The van der Waals surface area contributed by atoms with Gasteiger partial charge < -0.3 is 0 Å². The molecule has 82 valence electrons. The molecule has 0 nitrogen and oxygen atoms in total. The van der Waals surface area contributed by atoms with Crippen LogP contribution in [0.15, 0.2) is 60.7 Å². The van der Waals surface area contributed by atoms with E-state index >= 15 is 0 Å². The molecule has 0 spiro atoms. The predicted molar refractivity (Wildman–Crippen MR) is 84.4 cm³/mol. The second-order valence-corrected chi connectivity index (χ2v) is 22.8. The Kier molecular flexibility index (Phi) is 7.68. The molecule has 0 unspecified atom stereocenters. The molecular weight excluding hydrogens is 411 g/mol. The highest BCUT2D eigenvalue weighted by molar-refractivity contribution is 9.69. The summed E-state index contributed by atoms with van der Waals surface area (Å²) in [6, 6.07) is 20.8. The maximum atomic E-state index is 3.24. The number of hydrogen-bond acceptors (Lipinski definition) is 0. The largest absolute Gasteiger partial charge is 0.542 e. The quantitative estimate of drug-likeness (QED) is 0.534. The fourth-order valence-electron chi connectivity index (χ4n) is 1.26. The summed E-state index contributed by atoms with van der Waals surface area (Å²) in [6.45, 7) is 0. The first kappa shape index (κ1) is 14.5. The van der Waals surface area contributed by atoms with E-state index < -0.39 is 8.67 Å². The van der Waals surface area contributed by atoms with Gasteiger partial charge in [0.15, 0.2) is 0 Å². The summed E-state index contributed by atoms with van der Waals surface area (Å²) < 4.78 is 0. The van der Waals surface area contributed by atoms with Gasteiger partial charge in [-0.2, -0.15) is 42.2 Å². The predicted octanol–water partition coefficient (Wildman–Crippen LogP) is 5.51. The van der Waals surface area contributed by atoms with Gasteiger partial charge >= 0.3 is 8.67 Å².